The van der Waals surface area contributed by atoms with Gasteiger partial charge in [0, 0.05) is 23.0 Å². The Labute approximate surface area is 199 Å². The standard InChI is InChI=1S/C27H29BO6/c1-15(11-17-8-9-18(14-29)33-17)7-10-23-24-16(2)12-21-25(22(24)13-28(32)34-23)27(31)20-6-4-3-5-19(20)26(21)30/h3-6,8-9,11,21-23,25,29,32H,7,10,12-14H2,1-2H3/b15-11+/t21-,22+,23-,25-/m1/s1. The summed E-state index contributed by atoms with van der Waals surface area (Å²) >= 11 is 0. The number of hydrogen-bond acceptors (Lipinski definition) is 6. The summed E-state index contributed by atoms with van der Waals surface area (Å²) in [5.41, 5.74) is 4.30. The van der Waals surface area contributed by atoms with Crippen LogP contribution in [0.2, 0.25) is 6.32 Å². The van der Waals surface area contributed by atoms with Gasteiger partial charge in [-0.15, -0.1) is 0 Å². The molecule has 2 aliphatic carbocycles. The molecule has 5 rings (SSSR count). The van der Waals surface area contributed by atoms with Crippen molar-refractivity contribution in [2.45, 2.75) is 52.1 Å². The van der Waals surface area contributed by atoms with Crippen LogP contribution in [0.1, 0.15) is 65.3 Å². The molecule has 0 radical (unpaired) electrons. The minimum absolute atomic E-state index is 0.0108. The molecule has 0 amide bonds. The van der Waals surface area contributed by atoms with Crippen LogP contribution in [0.25, 0.3) is 6.08 Å². The fourth-order valence-corrected chi connectivity index (χ4v) is 6.06. The summed E-state index contributed by atoms with van der Waals surface area (Å²) in [5.74, 6) is 0.240. The first-order valence-electron chi connectivity index (χ1n) is 11.9. The third-order valence-corrected chi connectivity index (χ3v) is 7.53. The number of Topliss-reactive ketones (excluding diaryl/α,β-unsaturated/α-hetero) is 2. The van der Waals surface area contributed by atoms with E-state index in [1.54, 1.807) is 30.3 Å². The van der Waals surface area contributed by atoms with E-state index in [4.69, 9.17) is 9.07 Å². The third-order valence-electron chi connectivity index (χ3n) is 7.53. The van der Waals surface area contributed by atoms with E-state index in [1.807, 2.05) is 26.0 Å². The van der Waals surface area contributed by atoms with Gasteiger partial charge in [-0.1, -0.05) is 35.4 Å². The highest BCUT2D eigenvalue weighted by Gasteiger charge is 2.52. The molecule has 176 valence electrons. The zero-order valence-corrected chi connectivity index (χ0v) is 19.5. The van der Waals surface area contributed by atoms with Crippen LogP contribution in [0.5, 0.6) is 0 Å². The highest BCUT2D eigenvalue weighted by Crippen LogP contribution is 2.50. The zero-order valence-electron chi connectivity index (χ0n) is 19.5. The molecule has 1 aromatic carbocycles. The quantitative estimate of drug-likeness (QED) is 0.505. The lowest BCUT2D eigenvalue weighted by atomic mass is 9.54. The number of furan rings is 1. The molecule has 2 aromatic rings. The fraction of sp³-hybridized carbons (Fsp3) is 0.407. The van der Waals surface area contributed by atoms with Gasteiger partial charge in [0.25, 0.3) is 0 Å². The number of ketones is 2. The van der Waals surface area contributed by atoms with E-state index in [9.17, 15) is 19.7 Å². The molecule has 7 heteroatoms. The monoisotopic (exact) mass is 460 g/mol. The Kier molecular flexibility index (Phi) is 6.19. The number of fused-ring (bicyclic) bond motifs is 4. The number of carbonyl (C=O) groups is 2. The van der Waals surface area contributed by atoms with Crippen molar-refractivity contribution in [1.29, 1.82) is 0 Å². The predicted molar refractivity (Wildman–Crippen MR) is 128 cm³/mol. The molecule has 0 spiro atoms. The maximum absolute atomic E-state index is 13.5. The van der Waals surface area contributed by atoms with Crippen molar-refractivity contribution in [2.75, 3.05) is 0 Å². The van der Waals surface area contributed by atoms with E-state index in [2.05, 4.69) is 0 Å². The van der Waals surface area contributed by atoms with Crippen LogP contribution < -0.4 is 0 Å². The molecule has 2 heterocycles. The second kappa shape index (κ2) is 9.14. The normalized spacial score (nSPS) is 26.9. The van der Waals surface area contributed by atoms with Gasteiger partial charge < -0.3 is 19.2 Å². The van der Waals surface area contributed by atoms with E-state index < -0.39 is 13.0 Å². The van der Waals surface area contributed by atoms with Gasteiger partial charge in [0.1, 0.15) is 18.1 Å². The van der Waals surface area contributed by atoms with Gasteiger partial charge in [-0.05, 0) is 69.1 Å². The maximum Gasteiger partial charge on any atom is 0.455 e. The lowest BCUT2D eigenvalue weighted by molar-refractivity contribution is 0.0601. The van der Waals surface area contributed by atoms with Gasteiger partial charge in [0.2, 0.25) is 0 Å². The second-order valence-corrected chi connectivity index (χ2v) is 9.76. The Morgan fingerprint density at radius 1 is 1.12 bits per heavy atom. The van der Waals surface area contributed by atoms with Gasteiger partial charge in [-0.2, -0.15) is 0 Å². The summed E-state index contributed by atoms with van der Waals surface area (Å²) < 4.78 is 11.5. The van der Waals surface area contributed by atoms with E-state index in [1.165, 1.54) is 0 Å². The number of allylic oxidation sites excluding steroid dienone is 2. The molecule has 0 unspecified atom stereocenters. The minimum Gasteiger partial charge on any atom is -0.459 e. The number of rotatable bonds is 5. The van der Waals surface area contributed by atoms with Crippen LogP contribution in [0.4, 0.5) is 0 Å². The van der Waals surface area contributed by atoms with Gasteiger partial charge in [0.05, 0.1) is 6.10 Å². The highest BCUT2D eigenvalue weighted by atomic mass is 16.5. The number of hydrogen-bond donors (Lipinski definition) is 2. The Morgan fingerprint density at radius 3 is 2.56 bits per heavy atom. The average Bonchev–Trinajstić information content (AvgIpc) is 3.28. The first-order valence-corrected chi connectivity index (χ1v) is 11.9. The molecule has 4 atom stereocenters. The summed E-state index contributed by atoms with van der Waals surface area (Å²) in [6, 6.07) is 10.7. The van der Waals surface area contributed by atoms with Gasteiger partial charge >= 0.3 is 7.12 Å². The lowest BCUT2D eigenvalue weighted by Crippen LogP contribution is -2.50. The van der Waals surface area contributed by atoms with Crippen LogP contribution in [0.3, 0.4) is 0 Å². The summed E-state index contributed by atoms with van der Waals surface area (Å²) in [7, 11) is -0.966. The predicted octanol–water partition coefficient (Wildman–Crippen LogP) is 4.48. The summed E-state index contributed by atoms with van der Waals surface area (Å²) in [4.78, 5) is 26.8. The molecule has 2 N–H and O–H groups in total. The molecule has 34 heavy (non-hydrogen) atoms. The summed E-state index contributed by atoms with van der Waals surface area (Å²) in [5, 5.41) is 19.8. The molecule has 1 fully saturated rings. The number of benzene rings is 1. The van der Waals surface area contributed by atoms with E-state index in [-0.39, 0.29) is 36.1 Å². The highest BCUT2D eigenvalue weighted by molar-refractivity contribution is 6.43. The zero-order chi connectivity index (χ0) is 24.0. The van der Waals surface area contributed by atoms with E-state index in [0.717, 1.165) is 23.1 Å². The lowest BCUT2D eigenvalue weighted by Gasteiger charge is -2.46. The average molecular weight is 460 g/mol. The molecular weight excluding hydrogens is 431 g/mol. The van der Waals surface area contributed by atoms with Gasteiger partial charge in [-0.3, -0.25) is 9.59 Å². The Bertz CT molecular complexity index is 1190. The van der Waals surface area contributed by atoms with Crippen LogP contribution in [-0.2, 0) is 11.3 Å². The molecule has 6 nitrogen and oxygen atoms in total. The largest absolute Gasteiger partial charge is 0.459 e. The molecule has 0 saturated carbocycles. The van der Waals surface area contributed by atoms with Crippen molar-refractivity contribution in [3.05, 3.63) is 75.8 Å². The van der Waals surface area contributed by atoms with Crippen molar-refractivity contribution >= 4 is 24.8 Å². The van der Waals surface area contributed by atoms with Gasteiger partial charge in [0.15, 0.2) is 11.6 Å². The van der Waals surface area contributed by atoms with Crippen molar-refractivity contribution in [3.63, 3.8) is 0 Å². The van der Waals surface area contributed by atoms with Crippen LogP contribution in [0.15, 0.2) is 57.5 Å². The molecule has 3 aliphatic rings. The van der Waals surface area contributed by atoms with Crippen molar-refractivity contribution < 1.29 is 28.8 Å². The van der Waals surface area contributed by atoms with Crippen LogP contribution >= 0.6 is 0 Å². The SMILES string of the molecule is CC1=C2[C@@H](CC/C(C)=C/c3ccc(CO)o3)OB(O)C[C@@H]2[C@@H]2C(=O)c3ccccc3C(=O)[C@@H]2C1. The number of aliphatic hydroxyl groups excluding tert-OH is 1. The maximum atomic E-state index is 13.5. The third kappa shape index (κ3) is 4.02. The van der Waals surface area contributed by atoms with Gasteiger partial charge in [-0.25, -0.2) is 0 Å². The molecule has 1 aliphatic heterocycles. The Balaban J connectivity index is 1.40. The minimum atomic E-state index is -0.966. The fourth-order valence-electron chi connectivity index (χ4n) is 6.06. The first-order chi connectivity index (χ1) is 16.4. The molecule has 0 bridgehead atoms. The van der Waals surface area contributed by atoms with Crippen LogP contribution in [0, 0.1) is 17.8 Å². The first kappa shape index (κ1) is 23.0. The van der Waals surface area contributed by atoms with Crippen molar-refractivity contribution in [3.8, 4) is 0 Å². The topological polar surface area (TPSA) is 97.0 Å². The molecular formula is C27H29BO6. The van der Waals surface area contributed by atoms with E-state index in [0.29, 0.717) is 41.8 Å². The molecule has 1 aromatic heterocycles. The summed E-state index contributed by atoms with van der Waals surface area (Å²) in [6.45, 7) is 3.91. The van der Waals surface area contributed by atoms with Crippen LogP contribution in [-0.4, -0.2) is 34.9 Å². The Hall–Kier alpha value is -2.74. The van der Waals surface area contributed by atoms with E-state index >= 15 is 0 Å². The van der Waals surface area contributed by atoms with Crippen molar-refractivity contribution in [2.24, 2.45) is 17.8 Å². The molecule has 1 saturated heterocycles. The smallest absolute Gasteiger partial charge is 0.455 e. The second-order valence-electron chi connectivity index (χ2n) is 9.76. The number of aliphatic hydroxyl groups is 1. The Morgan fingerprint density at radius 2 is 1.85 bits per heavy atom. The number of carbonyl (C=O) groups excluding carboxylic acids is 2. The van der Waals surface area contributed by atoms with Crippen molar-refractivity contribution in [1.82, 2.24) is 0 Å². The summed E-state index contributed by atoms with van der Waals surface area (Å²) in [6.07, 6.45) is 3.90.